The van der Waals surface area contributed by atoms with Crippen molar-refractivity contribution in [1.29, 1.82) is 0 Å². The minimum absolute atomic E-state index is 0.0152. The second-order valence-electron chi connectivity index (χ2n) is 5.52. The zero-order valence-electron chi connectivity index (χ0n) is 11.4. The van der Waals surface area contributed by atoms with E-state index in [2.05, 4.69) is 9.88 Å². The Morgan fingerprint density at radius 1 is 1.33 bits per heavy atom. The molecule has 0 aromatic carbocycles. The molecule has 0 amide bonds. The van der Waals surface area contributed by atoms with Gasteiger partial charge in [-0.2, -0.15) is 0 Å². The van der Waals surface area contributed by atoms with Crippen LogP contribution in [0.3, 0.4) is 0 Å². The summed E-state index contributed by atoms with van der Waals surface area (Å²) in [6.45, 7) is 7.45. The van der Waals surface area contributed by atoms with Crippen LogP contribution in [0.5, 0.6) is 0 Å². The average Bonchev–Trinajstić information content (AvgIpc) is 2.28. The zero-order valence-corrected chi connectivity index (χ0v) is 11.4. The number of anilines is 1. The van der Waals surface area contributed by atoms with Gasteiger partial charge < -0.3 is 15.1 Å². The third kappa shape index (κ3) is 2.65. The molecule has 1 aliphatic rings. The fraction of sp³-hybridized carbons (Fsp3) is 0.643. The molecule has 0 unspecified atom stereocenters. The van der Waals surface area contributed by atoms with Crippen LogP contribution in [0.2, 0.25) is 0 Å². The van der Waals surface area contributed by atoms with Gasteiger partial charge in [-0.25, -0.2) is 4.98 Å². The van der Waals surface area contributed by atoms with E-state index >= 15 is 0 Å². The molecular formula is C14H22N2O2. The first-order chi connectivity index (χ1) is 8.43. The van der Waals surface area contributed by atoms with E-state index in [0.29, 0.717) is 0 Å². The Balaban J connectivity index is 2.28. The van der Waals surface area contributed by atoms with Gasteiger partial charge in [-0.05, 0) is 45.2 Å². The summed E-state index contributed by atoms with van der Waals surface area (Å²) in [5, 5.41) is 19.5. The van der Waals surface area contributed by atoms with Crippen LogP contribution >= 0.6 is 0 Å². The summed E-state index contributed by atoms with van der Waals surface area (Å²) in [5.41, 5.74) is 2.39. The molecule has 2 rings (SSSR count). The lowest BCUT2D eigenvalue weighted by Gasteiger charge is -2.37. The van der Waals surface area contributed by atoms with Crippen LogP contribution < -0.4 is 4.90 Å². The molecule has 1 saturated heterocycles. The van der Waals surface area contributed by atoms with E-state index in [-0.39, 0.29) is 6.61 Å². The van der Waals surface area contributed by atoms with Crippen molar-refractivity contribution < 1.29 is 10.2 Å². The maximum atomic E-state index is 9.98. The Bertz CT molecular complexity index is 434. The van der Waals surface area contributed by atoms with Crippen molar-refractivity contribution in [1.82, 2.24) is 4.98 Å². The van der Waals surface area contributed by atoms with Crippen molar-refractivity contribution in [3.05, 3.63) is 22.9 Å². The van der Waals surface area contributed by atoms with E-state index in [1.165, 1.54) is 0 Å². The molecule has 2 heterocycles. The van der Waals surface area contributed by atoms with Crippen molar-refractivity contribution >= 4 is 5.82 Å². The third-order valence-corrected chi connectivity index (χ3v) is 3.75. The van der Waals surface area contributed by atoms with Crippen LogP contribution in [0.1, 0.15) is 36.6 Å². The number of aliphatic hydroxyl groups excluding tert-OH is 1. The van der Waals surface area contributed by atoms with Crippen molar-refractivity contribution in [2.75, 3.05) is 18.0 Å². The van der Waals surface area contributed by atoms with Gasteiger partial charge in [-0.1, -0.05) is 0 Å². The molecule has 0 radical (unpaired) electrons. The highest BCUT2D eigenvalue weighted by Crippen LogP contribution is 2.28. The molecule has 1 aliphatic heterocycles. The molecule has 4 nitrogen and oxygen atoms in total. The largest absolute Gasteiger partial charge is 0.392 e. The van der Waals surface area contributed by atoms with E-state index < -0.39 is 5.60 Å². The molecule has 1 fully saturated rings. The Morgan fingerprint density at radius 2 is 1.94 bits per heavy atom. The predicted octanol–water partition coefficient (Wildman–Crippen LogP) is 1.54. The number of aromatic nitrogens is 1. The van der Waals surface area contributed by atoms with Gasteiger partial charge in [0.1, 0.15) is 5.82 Å². The van der Waals surface area contributed by atoms with Gasteiger partial charge in [0, 0.05) is 24.3 Å². The van der Waals surface area contributed by atoms with E-state index in [9.17, 15) is 10.2 Å². The van der Waals surface area contributed by atoms with Gasteiger partial charge in [-0.3, -0.25) is 0 Å². The lowest BCUT2D eigenvalue weighted by atomic mass is 9.93. The number of pyridine rings is 1. The number of rotatable bonds is 2. The number of piperidine rings is 1. The SMILES string of the molecule is Cc1cc(C)c(CO)c(N2CCC(C)(O)CC2)n1. The third-order valence-electron chi connectivity index (χ3n) is 3.75. The van der Waals surface area contributed by atoms with Crippen molar-refractivity contribution in [2.24, 2.45) is 0 Å². The summed E-state index contributed by atoms with van der Waals surface area (Å²) >= 11 is 0. The van der Waals surface area contributed by atoms with E-state index in [4.69, 9.17) is 0 Å². The molecule has 0 aliphatic carbocycles. The van der Waals surface area contributed by atoms with Gasteiger partial charge >= 0.3 is 0 Å². The number of nitrogens with zero attached hydrogens (tertiary/aromatic N) is 2. The van der Waals surface area contributed by atoms with Crippen LogP contribution in [-0.4, -0.2) is 33.9 Å². The highest BCUT2D eigenvalue weighted by molar-refractivity contribution is 5.51. The number of hydrogen-bond donors (Lipinski definition) is 2. The minimum Gasteiger partial charge on any atom is -0.392 e. The number of aryl methyl sites for hydroxylation is 2. The normalized spacial score (nSPS) is 19.1. The molecule has 0 saturated carbocycles. The fourth-order valence-corrected chi connectivity index (χ4v) is 2.50. The molecule has 100 valence electrons. The maximum Gasteiger partial charge on any atom is 0.134 e. The standard InChI is InChI=1S/C14H22N2O2/c1-10-8-11(2)15-13(12(10)9-17)16-6-4-14(3,18)5-7-16/h8,17-18H,4-7,9H2,1-3H3. The Morgan fingerprint density at radius 3 is 2.50 bits per heavy atom. The Hall–Kier alpha value is -1.13. The summed E-state index contributed by atoms with van der Waals surface area (Å²) < 4.78 is 0. The van der Waals surface area contributed by atoms with Crippen molar-refractivity contribution in [2.45, 2.75) is 45.8 Å². The van der Waals surface area contributed by atoms with E-state index in [1.807, 2.05) is 26.8 Å². The van der Waals surface area contributed by atoms with Crippen LogP contribution in [0.25, 0.3) is 0 Å². The van der Waals surface area contributed by atoms with Crippen LogP contribution in [0, 0.1) is 13.8 Å². The quantitative estimate of drug-likeness (QED) is 0.836. The molecule has 18 heavy (non-hydrogen) atoms. The van der Waals surface area contributed by atoms with Gasteiger partial charge in [0.05, 0.1) is 12.2 Å². The summed E-state index contributed by atoms with van der Waals surface area (Å²) in [4.78, 5) is 6.73. The summed E-state index contributed by atoms with van der Waals surface area (Å²) in [7, 11) is 0. The van der Waals surface area contributed by atoms with Crippen molar-refractivity contribution in [3.8, 4) is 0 Å². The highest BCUT2D eigenvalue weighted by atomic mass is 16.3. The van der Waals surface area contributed by atoms with E-state index in [0.717, 1.165) is 48.6 Å². The monoisotopic (exact) mass is 250 g/mol. The molecule has 0 spiro atoms. The Labute approximate surface area is 108 Å². The Kier molecular flexibility index (Phi) is 3.59. The smallest absolute Gasteiger partial charge is 0.134 e. The van der Waals surface area contributed by atoms with Crippen LogP contribution in [0.4, 0.5) is 5.82 Å². The average molecular weight is 250 g/mol. The first-order valence-electron chi connectivity index (χ1n) is 6.48. The van der Waals surface area contributed by atoms with E-state index in [1.54, 1.807) is 0 Å². The minimum atomic E-state index is -0.561. The van der Waals surface area contributed by atoms with Crippen molar-refractivity contribution in [3.63, 3.8) is 0 Å². The van der Waals surface area contributed by atoms with Crippen LogP contribution in [-0.2, 0) is 6.61 Å². The molecule has 4 heteroatoms. The number of aliphatic hydroxyl groups is 2. The topological polar surface area (TPSA) is 56.6 Å². The first-order valence-corrected chi connectivity index (χ1v) is 6.48. The molecular weight excluding hydrogens is 228 g/mol. The zero-order chi connectivity index (χ0) is 13.3. The maximum absolute atomic E-state index is 9.98. The van der Waals surface area contributed by atoms with Gasteiger partial charge in [0.25, 0.3) is 0 Å². The second kappa shape index (κ2) is 4.86. The number of hydrogen-bond acceptors (Lipinski definition) is 4. The molecule has 1 aromatic heterocycles. The van der Waals surface area contributed by atoms with Gasteiger partial charge in [-0.15, -0.1) is 0 Å². The summed E-state index contributed by atoms with van der Waals surface area (Å²) in [5.74, 6) is 0.880. The summed E-state index contributed by atoms with van der Waals surface area (Å²) in [6.07, 6.45) is 1.49. The van der Waals surface area contributed by atoms with Crippen LogP contribution in [0.15, 0.2) is 6.07 Å². The molecule has 2 N–H and O–H groups in total. The molecule has 0 atom stereocenters. The second-order valence-corrected chi connectivity index (χ2v) is 5.52. The predicted molar refractivity (Wildman–Crippen MR) is 71.7 cm³/mol. The summed E-state index contributed by atoms with van der Waals surface area (Å²) in [6, 6.07) is 2.00. The fourth-order valence-electron chi connectivity index (χ4n) is 2.50. The lowest BCUT2D eigenvalue weighted by Crippen LogP contribution is -2.43. The molecule has 0 bridgehead atoms. The first kappa shape index (κ1) is 13.3. The highest BCUT2D eigenvalue weighted by Gasteiger charge is 2.29. The lowest BCUT2D eigenvalue weighted by molar-refractivity contribution is 0.0349. The molecule has 1 aromatic rings. The van der Waals surface area contributed by atoms with Gasteiger partial charge in [0.15, 0.2) is 0 Å². The van der Waals surface area contributed by atoms with Gasteiger partial charge in [0.2, 0.25) is 0 Å².